The van der Waals surface area contributed by atoms with Crippen molar-refractivity contribution in [1.82, 2.24) is 4.98 Å². The highest BCUT2D eigenvalue weighted by molar-refractivity contribution is 5.40. The van der Waals surface area contributed by atoms with Gasteiger partial charge < -0.3 is 4.90 Å². The third-order valence-corrected chi connectivity index (χ3v) is 2.09. The summed E-state index contributed by atoms with van der Waals surface area (Å²) in [5.74, 6) is 0.214. The second kappa shape index (κ2) is 3.09. The lowest BCUT2D eigenvalue weighted by Crippen LogP contribution is -2.20. The highest BCUT2D eigenvalue weighted by atomic mass is 19.1. The fourth-order valence-electron chi connectivity index (χ4n) is 1.50. The van der Waals surface area contributed by atoms with Crippen molar-refractivity contribution in [2.75, 3.05) is 18.0 Å². The topological polar surface area (TPSA) is 16.1 Å². The van der Waals surface area contributed by atoms with Crippen LogP contribution in [0.4, 0.5) is 10.2 Å². The molecule has 1 radical (unpaired) electrons. The highest BCUT2D eigenvalue weighted by Gasteiger charge is 2.16. The van der Waals surface area contributed by atoms with Crippen LogP contribution in [0, 0.1) is 11.9 Å². The van der Waals surface area contributed by atoms with E-state index < -0.39 is 0 Å². The molecule has 2 heterocycles. The minimum Gasteiger partial charge on any atom is -0.354 e. The lowest BCUT2D eigenvalue weighted by molar-refractivity contribution is 0.615. The van der Waals surface area contributed by atoms with E-state index in [0.29, 0.717) is 5.82 Å². The number of rotatable bonds is 1. The van der Waals surface area contributed by atoms with Gasteiger partial charge >= 0.3 is 0 Å². The number of nitrogens with zero attached hydrogens (tertiary/aromatic N) is 2. The molecule has 0 unspecified atom stereocenters. The van der Waals surface area contributed by atoms with Gasteiger partial charge in [0.25, 0.3) is 0 Å². The van der Waals surface area contributed by atoms with Crippen LogP contribution < -0.4 is 4.90 Å². The van der Waals surface area contributed by atoms with Crippen molar-refractivity contribution in [3.63, 3.8) is 0 Å². The Kier molecular flexibility index (Phi) is 1.94. The largest absolute Gasteiger partial charge is 0.354 e. The summed E-state index contributed by atoms with van der Waals surface area (Å²) in [6, 6.07) is 3.95. The van der Waals surface area contributed by atoms with E-state index in [1.807, 2.05) is 4.90 Å². The van der Waals surface area contributed by atoms with Crippen molar-refractivity contribution in [2.24, 2.45) is 0 Å². The van der Waals surface area contributed by atoms with Crippen LogP contribution in [-0.2, 0) is 0 Å². The number of hydrogen-bond donors (Lipinski definition) is 0. The van der Waals surface area contributed by atoms with E-state index in [1.54, 1.807) is 0 Å². The van der Waals surface area contributed by atoms with Crippen LogP contribution in [-0.4, -0.2) is 18.1 Å². The molecule has 0 aliphatic carbocycles. The van der Waals surface area contributed by atoms with Gasteiger partial charge in [0.2, 0.25) is 0 Å². The molecule has 63 valence electrons. The Morgan fingerprint density at radius 3 is 2.83 bits per heavy atom. The number of anilines is 1. The Bertz CT molecular complexity index is 269. The zero-order chi connectivity index (χ0) is 8.39. The van der Waals surface area contributed by atoms with E-state index in [-0.39, 0.29) is 5.82 Å². The first-order valence-corrected chi connectivity index (χ1v) is 4.14. The monoisotopic (exact) mass is 165 g/mol. The van der Waals surface area contributed by atoms with Gasteiger partial charge in [0.1, 0.15) is 0 Å². The molecule has 0 amide bonds. The maximum atomic E-state index is 13.1. The first-order valence-electron chi connectivity index (χ1n) is 4.14. The van der Waals surface area contributed by atoms with Gasteiger partial charge in [-0.15, -0.1) is 0 Å². The second-order valence-electron chi connectivity index (χ2n) is 2.93. The van der Waals surface area contributed by atoms with Crippen molar-refractivity contribution in [2.45, 2.75) is 12.8 Å². The van der Waals surface area contributed by atoms with Crippen molar-refractivity contribution >= 4 is 5.82 Å². The lowest BCUT2D eigenvalue weighted by atomic mass is 10.4. The van der Waals surface area contributed by atoms with Crippen LogP contribution in [0.1, 0.15) is 12.8 Å². The summed E-state index contributed by atoms with van der Waals surface area (Å²) < 4.78 is 13.1. The van der Waals surface area contributed by atoms with E-state index in [9.17, 15) is 4.39 Å². The van der Waals surface area contributed by atoms with Gasteiger partial charge in [-0.3, -0.25) is 0 Å². The van der Waals surface area contributed by atoms with E-state index in [1.165, 1.54) is 12.3 Å². The van der Waals surface area contributed by atoms with Crippen molar-refractivity contribution in [3.05, 3.63) is 24.1 Å². The highest BCUT2D eigenvalue weighted by Crippen LogP contribution is 2.19. The summed E-state index contributed by atoms with van der Waals surface area (Å²) in [5.41, 5.74) is 0. The smallest absolute Gasteiger partial charge is 0.166 e. The molecule has 3 heteroatoms. The molecule has 0 spiro atoms. The fraction of sp³-hybridized carbons (Fsp3) is 0.444. The molecule has 0 saturated carbocycles. The lowest BCUT2D eigenvalue weighted by Gasteiger charge is -2.15. The van der Waals surface area contributed by atoms with Crippen LogP contribution in [0.3, 0.4) is 0 Å². The Balaban J connectivity index is 2.26. The van der Waals surface area contributed by atoms with E-state index in [0.717, 1.165) is 25.9 Å². The molecule has 12 heavy (non-hydrogen) atoms. The molecule has 0 N–H and O–H groups in total. The van der Waals surface area contributed by atoms with Crippen LogP contribution in [0.5, 0.6) is 0 Å². The first kappa shape index (κ1) is 7.53. The van der Waals surface area contributed by atoms with E-state index >= 15 is 0 Å². The van der Waals surface area contributed by atoms with Gasteiger partial charge in [-0.05, 0) is 18.9 Å². The maximum absolute atomic E-state index is 13.1. The molecule has 1 aliphatic heterocycles. The van der Waals surface area contributed by atoms with Crippen LogP contribution >= 0.6 is 0 Å². The maximum Gasteiger partial charge on any atom is 0.166 e. The number of hydrogen-bond acceptors (Lipinski definition) is 2. The van der Waals surface area contributed by atoms with Crippen molar-refractivity contribution in [1.29, 1.82) is 0 Å². The summed E-state index contributed by atoms with van der Waals surface area (Å²) >= 11 is 0. The van der Waals surface area contributed by atoms with Crippen molar-refractivity contribution in [3.8, 4) is 0 Å². The van der Waals surface area contributed by atoms with Gasteiger partial charge in [-0.25, -0.2) is 9.37 Å². The normalized spacial score (nSPS) is 16.9. The van der Waals surface area contributed by atoms with Gasteiger partial charge in [-0.2, -0.15) is 0 Å². The van der Waals surface area contributed by atoms with Crippen LogP contribution in [0.15, 0.2) is 12.3 Å². The summed E-state index contributed by atoms with van der Waals surface area (Å²) in [4.78, 5) is 5.93. The second-order valence-corrected chi connectivity index (χ2v) is 2.93. The summed E-state index contributed by atoms with van der Waals surface area (Å²) in [6.45, 7) is 1.85. The molecule has 0 bridgehead atoms. The van der Waals surface area contributed by atoms with Crippen LogP contribution in [0.25, 0.3) is 0 Å². The molecule has 0 aromatic carbocycles. The molecular formula is C9H10FN2. The number of pyridine rings is 1. The Morgan fingerprint density at radius 2 is 2.17 bits per heavy atom. The average Bonchev–Trinajstić information content (AvgIpc) is 2.57. The fourth-order valence-corrected chi connectivity index (χ4v) is 1.50. The molecule has 0 atom stereocenters. The van der Waals surface area contributed by atoms with Gasteiger partial charge in [0.15, 0.2) is 11.6 Å². The third kappa shape index (κ3) is 1.26. The van der Waals surface area contributed by atoms with Gasteiger partial charge in [0.05, 0.1) is 0 Å². The van der Waals surface area contributed by atoms with E-state index in [4.69, 9.17) is 0 Å². The number of aromatic nitrogens is 1. The standard InChI is InChI=1S/C9H10FN2/c10-8-4-3-5-11-9(8)12-6-1-2-7-12/h4-5H,1-2,6-7H2. The Labute approximate surface area is 71.0 Å². The SMILES string of the molecule is Fc1c[c]cnc1N1CCCC1. The predicted octanol–water partition coefficient (Wildman–Crippen LogP) is 1.62. The van der Waals surface area contributed by atoms with Gasteiger partial charge in [-0.1, -0.05) is 0 Å². The molecule has 1 aromatic heterocycles. The quantitative estimate of drug-likeness (QED) is 0.628. The third-order valence-electron chi connectivity index (χ3n) is 2.09. The van der Waals surface area contributed by atoms with Crippen LogP contribution in [0.2, 0.25) is 0 Å². The molecule has 1 saturated heterocycles. The Hall–Kier alpha value is -1.12. The molecule has 1 aromatic rings. The van der Waals surface area contributed by atoms with Gasteiger partial charge in [0, 0.05) is 25.4 Å². The molecular weight excluding hydrogens is 155 g/mol. The summed E-state index contributed by atoms with van der Waals surface area (Å²) in [5, 5.41) is 0. The minimum absolute atomic E-state index is 0.264. The Morgan fingerprint density at radius 1 is 1.42 bits per heavy atom. The minimum atomic E-state index is -0.264. The summed E-state index contributed by atoms with van der Waals surface area (Å²) in [7, 11) is 0. The number of halogens is 1. The van der Waals surface area contributed by atoms with Crippen molar-refractivity contribution < 1.29 is 4.39 Å². The van der Waals surface area contributed by atoms with E-state index in [2.05, 4.69) is 11.1 Å². The predicted molar refractivity (Wildman–Crippen MR) is 44.5 cm³/mol. The first-order chi connectivity index (χ1) is 5.88. The zero-order valence-electron chi connectivity index (χ0n) is 6.76. The molecule has 1 fully saturated rings. The molecule has 1 aliphatic rings. The molecule has 2 nitrogen and oxygen atoms in total. The zero-order valence-corrected chi connectivity index (χ0v) is 6.76. The molecule has 2 rings (SSSR count). The average molecular weight is 165 g/mol. The summed E-state index contributed by atoms with van der Waals surface area (Å²) in [6.07, 6.45) is 3.79.